The second kappa shape index (κ2) is 13.6. The van der Waals surface area contributed by atoms with E-state index < -0.39 is 0 Å². The molecule has 38 heavy (non-hydrogen) atoms. The molecule has 1 aliphatic carbocycles. The molecule has 0 spiro atoms. The van der Waals surface area contributed by atoms with Crippen molar-refractivity contribution in [3.05, 3.63) is 48.0 Å². The number of ether oxygens (including phenoxy) is 2. The SMILES string of the molecule is CC.COC1CCC(N(C(C)=O)c2c(C)cnc3cc(F)c(-c4ccc(OCCCN(C)C)nc4)cc23)C1. The molecular weight excluding hydrogens is 483 g/mol. The van der Waals surface area contributed by atoms with Crippen LogP contribution in [0.4, 0.5) is 10.1 Å². The fourth-order valence-electron chi connectivity index (χ4n) is 4.99. The first-order valence-electron chi connectivity index (χ1n) is 13.4. The predicted molar refractivity (Wildman–Crippen MR) is 151 cm³/mol. The molecule has 0 aliphatic heterocycles. The van der Waals surface area contributed by atoms with Crippen molar-refractivity contribution in [1.29, 1.82) is 0 Å². The van der Waals surface area contributed by atoms with E-state index in [9.17, 15) is 4.79 Å². The topological polar surface area (TPSA) is 67.8 Å². The molecule has 1 amide bonds. The van der Waals surface area contributed by atoms with E-state index in [1.165, 1.54) is 6.07 Å². The Labute approximate surface area is 226 Å². The maximum Gasteiger partial charge on any atom is 0.224 e. The first-order valence-corrected chi connectivity index (χ1v) is 13.4. The molecule has 1 aromatic carbocycles. The van der Waals surface area contributed by atoms with Gasteiger partial charge in [-0.2, -0.15) is 0 Å². The minimum atomic E-state index is -0.388. The van der Waals surface area contributed by atoms with Gasteiger partial charge in [-0.05, 0) is 64.4 Å². The van der Waals surface area contributed by atoms with Gasteiger partial charge in [0.05, 0.1) is 23.9 Å². The van der Waals surface area contributed by atoms with Crippen LogP contribution in [0.3, 0.4) is 0 Å². The Hall–Kier alpha value is -3.10. The van der Waals surface area contributed by atoms with Crippen LogP contribution in [0.15, 0.2) is 36.7 Å². The van der Waals surface area contributed by atoms with Gasteiger partial charge in [0.15, 0.2) is 0 Å². The minimum Gasteiger partial charge on any atom is -0.478 e. The fourth-order valence-corrected chi connectivity index (χ4v) is 4.99. The number of aryl methyl sites for hydroxylation is 1. The maximum absolute atomic E-state index is 15.2. The summed E-state index contributed by atoms with van der Waals surface area (Å²) in [7, 11) is 5.75. The number of hydrogen-bond acceptors (Lipinski definition) is 6. The lowest BCUT2D eigenvalue weighted by Gasteiger charge is -2.30. The summed E-state index contributed by atoms with van der Waals surface area (Å²) in [4.78, 5) is 25.7. The molecule has 2 heterocycles. The lowest BCUT2D eigenvalue weighted by molar-refractivity contribution is -0.117. The number of methoxy groups -OCH3 is 1. The fraction of sp³-hybridized carbons (Fsp3) is 0.500. The third-order valence-corrected chi connectivity index (χ3v) is 6.79. The van der Waals surface area contributed by atoms with Crippen LogP contribution in [-0.4, -0.2) is 67.3 Å². The van der Waals surface area contributed by atoms with Crippen molar-refractivity contribution in [3.63, 3.8) is 0 Å². The number of hydrogen-bond donors (Lipinski definition) is 0. The number of aromatic nitrogens is 2. The Balaban J connectivity index is 0.00000195. The van der Waals surface area contributed by atoms with Gasteiger partial charge in [0.25, 0.3) is 0 Å². The first kappa shape index (κ1) is 29.5. The number of amides is 1. The summed E-state index contributed by atoms with van der Waals surface area (Å²) in [6.45, 7) is 9.01. The van der Waals surface area contributed by atoms with E-state index in [4.69, 9.17) is 9.47 Å². The zero-order valence-electron chi connectivity index (χ0n) is 23.8. The standard InChI is InChI=1S/C28H35FN4O3.C2H6/c1-18-16-30-26-15-25(29)23(20-7-10-27(31-17-20)36-12-6-11-32(3)4)14-24(26)28(18)33(19(2)34)21-8-9-22(13-21)35-5;1-2/h7,10,14-17,21-22H,6,8-9,11-13H2,1-5H3;1-2H3. The van der Waals surface area contributed by atoms with Crippen LogP contribution in [0.2, 0.25) is 0 Å². The van der Waals surface area contributed by atoms with Gasteiger partial charge in [-0.3, -0.25) is 9.78 Å². The molecule has 3 aromatic rings. The van der Waals surface area contributed by atoms with E-state index in [1.54, 1.807) is 38.6 Å². The quantitative estimate of drug-likeness (QED) is 0.319. The summed E-state index contributed by atoms with van der Waals surface area (Å²) < 4.78 is 26.5. The zero-order chi connectivity index (χ0) is 27.8. The van der Waals surface area contributed by atoms with Gasteiger partial charge in [-0.15, -0.1) is 0 Å². The molecule has 8 heteroatoms. The van der Waals surface area contributed by atoms with E-state index in [1.807, 2.05) is 45.8 Å². The van der Waals surface area contributed by atoms with Crippen molar-refractivity contribution < 1.29 is 18.7 Å². The summed E-state index contributed by atoms with van der Waals surface area (Å²) in [5.74, 6) is 0.0743. The molecule has 0 bridgehead atoms. The number of carbonyl (C=O) groups is 1. The largest absolute Gasteiger partial charge is 0.478 e. The van der Waals surface area contributed by atoms with Gasteiger partial charge in [0.2, 0.25) is 11.8 Å². The van der Waals surface area contributed by atoms with Crippen LogP contribution in [-0.2, 0) is 9.53 Å². The summed E-state index contributed by atoms with van der Waals surface area (Å²) in [6.07, 6.45) is 6.89. The van der Waals surface area contributed by atoms with Crippen LogP contribution in [0, 0.1) is 12.7 Å². The predicted octanol–water partition coefficient (Wildman–Crippen LogP) is 6.02. The number of benzene rings is 1. The Morgan fingerprint density at radius 2 is 1.89 bits per heavy atom. The summed E-state index contributed by atoms with van der Waals surface area (Å²) in [5, 5.41) is 0.742. The van der Waals surface area contributed by atoms with Crippen LogP contribution in [0.1, 0.15) is 52.0 Å². The average molecular weight is 525 g/mol. The third kappa shape index (κ3) is 6.85. The Kier molecular flexibility index (Phi) is 10.6. The number of rotatable bonds is 9. The van der Waals surface area contributed by atoms with Gasteiger partial charge < -0.3 is 19.3 Å². The molecule has 1 aliphatic rings. The summed E-state index contributed by atoms with van der Waals surface area (Å²) in [5.41, 5.74) is 3.21. The molecule has 2 atom stereocenters. The van der Waals surface area contributed by atoms with Crippen molar-refractivity contribution in [2.75, 3.05) is 39.3 Å². The summed E-state index contributed by atoms with van der Waals surface area (Å²) in [6, 6.07) is 6.81. The molecular formula is C30H41FN4O3. The van der Waals surface area contributed by atoms with Gasteiger partial charge in [0, 0.05) is 67.7 Å². The molecule has 4 rings (SSSR count). The summed E-state index contributed by atoms with van der Waals surface area (Å²) >= 11 is 0. The van der Waals surface area contributed by atoms with Gasteiger partial charge in [0.1, 0.15) is 5.82 Å². The monoisotopic (exact) mass is 524 g/mol. The molecule has 7 nitrogen and oxygen atoms in total. The van der Waals surface area contributed by atoms with Crippen molar-refractivity contribution >= 4 is 22.5 Å². The first-order chi connectivity index (χ1) is 18.3. The maximum atomic E-state index is 15.2. The second-order valence-electron chi connectivity index (χ2n) is 9.74. The van der Waals surface area contributed by atoms with Crippen molar-refractivity contribution in [2.24, 2.45) is 0 Å². The normalized spacial score (nSPS) is 16.9. The minimum absolute atomic E-state index is 0.0239. The van der Waals surface area contributed by atoms with E-state index in [-0.39, 0.29) is 23.9 Å². The molecule has 2 aromatic heterocycles. The van der Waals surface area contributed by atoms with Crippen LogP contribution >= 0.6 is 0 Å². The highest BCUT2D eigenvalue weighted by atomic mass is 19.1. The lowest BCUT2D eigenvalue weighted by atomic mass is 10.00. The van der Waals surface area contributed by atoms with Crippen LogP contribution in [0.25, 0.3) is 22.0 Å². The number of anilines is 1. The van der Waals surface area contributed by atoms with Gasteiger partial charge >= 0.3 is 0 Å². The van der Waals surface area contributed by atoms with Crippen LogP contribution < -0.4 is 9.64 Å². The number of nitrogens with zero attached hydrogens (tertiary/aromatic N) is 4. The molecule has 0 saturated heterocycles. The van der Waals surface area contributed by atoms with Crippen molar-refractivity contribution in [3.8, 4) is 17.0 Å². The molecule has 1 fully saturated rings. The third-order valence-electron chi connectivity index (χ3n) is 6.79. The molecule has 0 radical (unpaired) electrons. The Bertz CT molecular complexity index is 1220. The molecule has 1 saturated carbocycles. The van der Waals surface area contributed by atoms with Gasteiger partial charge in [-0.1, -0.05) is 13.8 Å². The van der Waals surface area contributed by atoms with Crippen molar-refractivity contribution in [2.45, 2.75) is 65.5 Å². The zero-order valence-corrected chi connectivity index (χ0v) is 23.8. The van der Waals surface area contributed by atoms with E-state index in [2.05, 4.69) is 14.9 Å². The van der Waals surface area contributed by atoms with Crippen molar-refractivity contribution in [1.82, 2.24) is 14.9 Å². The van der Waals surface area contributed by atoms with E-state index in [0.29, 0.717) is 29.1 Å². The smallest absolute Gasteiger partial charge is 0.224 e. The number of halogens is 1. The molecule has 0 N–H and O–H groups in total. The van der Waals surface area contributed by atoms with Crippen LogP contribution in [0.5, 0.6) is 5.88 Å². The number of carbonyl (C=O) groups excluding carboxylic acids is 1. The van der Waals surface area contributed by atoms with Gasteiger partial charge in [-0.25, -0.2) is 9.37 Å². The lowest BCUT2D eigenvalue weighted by Crippen LogP contribution is -2.38. The highest BCUT2D eigenvalue weighted by Crippen LogP contribution is 2.38. The molecule has 2 unspecified atom stereocenters. The number of pyridine rings is 2. The average Bonchev–Trinajstić information content (AvgIpc) is 3.38. The second-order valence-corrected chi connectivity index (χ2v) is 9.74. The molecule has 206 valence electrons. The highest BCUT2D eigenvalue weighted by Gasteiger charge is 2.33. The Morgan fingerprint density at radius 1 is 1.13 bits per heavy atom. The highest BCUT2D eigenvalue weighted by molar-refractivity contribution is 6.04. The Morgan fingerprint density at radius 3 is 2.50 bits per heavy atom. The van der Waals surface area contributed by atoms with E-state index >= 15 is 4.39 Å². The number of fused-ring (bicyclic) bond motifs is 1. The van der Waals surface area contributed by atoms with E-state index in [0.717, 1.165) is 48.9 Å².